The molecule has 0 fully saturated rings. The minimum atomic E-state index is -0.167. The third-order valence-corrected chi connectivity index (χ3v) is 2.79. The van der Waals surface area contributed by atoms with Gasteiger partial charge in [0.15, 0.2) is 0 Å². The average molecular weight is 310 g/mol. The third-order valence-electron chi connectivity index (χ3n) is 2.40. The topological polar surface area (TPSA) is 77.8 Å². The zero-order valence-corrected chi connectivity index (χ0v) is 11.1. The molecule has 2 rings (SSSR count). The van der Waals surface area contributed by atoms with Crippen molar-refractivity contribution in [2.24, 2.45) is 0 Å². The molecule has 0 radical (unpaired) electrons. The van der Waals surface area contributed by atoms with Crippen LogP contribution in [0, 0.1) is 0 Å². The number of H-pyrrole nitrogens is 2. The second-order valence-corrected chi connectivity index (χ2v) is 4.53. The molecule has 0 saturated heterocycles. The Morgan fingerprint density at radius 2 is 1.94 bits per heavy atom. The van der Waals surface area contributed by atoms with E-state index >= 15 is 0 Å². The van der Waals surface area contributed by atoms with Crippen LogP contribution < -0.4 is 10.9 Å². The highest BCUT2D eigenvalue weighted by atomic mass is 79.9. The van der Waals surface area contributed by atoms with Gasteiger partial charge in [-0.1, -0.05) is 28.1 Å². The number of amides is 1. The highest BCUT2D eigenvalue weighted by molar-refractivity contribution is 9.09. The smallest absolute Gasteiger partial charge is 0.264 e. The molecule has 0 saturated carbocycles. The van der Waals surface area contributed by atoms with Crippen LogP contribution >= 0.6 is 15.9 Å². The fourth-order valence-electron chi connectivity index (χ4n) is 1.53. The molecule has 1 amide bonds. The first kappa shape index (κ1) is 12.6. The summed E-state index contributed by atoms with van der Waals surface area (Å²) in [5.41, 5.74) is 2.17. The fraction of sp³-hybridized carbons (Fsp3) is 0.167. The molecular formula is C12H12BrN3O2. The molecule has 1 aromatic carbocycles. The number of alkyl halides is 1. The summed E-state index contributed by atoms with van der Waals surface area (Å²) < 4.78 is 0. The molecule has 1 aromatic heterocycles. The van der Waals surface area contributed by atoms with Crippen molar-refractivity contribution in [1.29, 1.82) is 0 Å². The standard InChI is InChI=1S/C12H12BrN3O2/c13-6-5-11(17)14-9-3-1-8(2-4-9)10-7-12(18)16-15-10/h1-4,7H,5-6H2,(H,14,17)(H2,15,16,18). The summed E-state index contributed by atoms with van der Waals surface area (Å²) in [6.07, 6.45) is 0.437. The lowest BCUT2D eigenvalue weighted by Gasteiger charge is -2.04. The molecule has 18 heavy (non-hydrogen) atoms. The largest absolute Gasteiger partial charge is 0.326 e. The lowest BCUT2D eigenvalue weighted by molar-refractivity contribution is -0.115. The number of anilines is 1. The monoisotopic (exact) mass is 309 g/mol. The molecule has 3 N–H and O–H groups in total. The summed E-state index contributed by atoms with van der Waals surface area (Å²) in [4.78, 5) is 22.4. The van der Waals surface area contributed by atoms with Gasteiger partial charge in [0, 0.05) is 23.5 Å². The first-order chi connectivity index (χ1) is 8.69. The Balaban J connectivity index is 2.10. The van der Waals surface area contributed by atoms with E-state index in [1.165, 1.54) is 6.07 Å². The van der Waals surface area contributed by atoms with E-state index in [0.717, 1.165) is 16.9 Å². The van der Waals surface area contributed by atoms with Gasteiger partial charge in [-0.3, -0.25) is 19.8 Å². The number of aromatic amines is 2. The predicted octanol–water partition coefficient (Wildman–Crippen LogP) is 2.09. The minimum absolute atomic E-state index is 0.0327. The van der Waals surface area contributed by atoms with Crippen LogP contribution in [0.5, 0.6) is 0 Å². The number of aromatic nitrogens is 2. The number of halogens is 1. The third kappa shape index (κ3) is 3.10. The number of rotatable bonds is 4. The van der Waals surface area contributed by atoms with E-state index in [2.05, 4.69) is 31.4 Å². The average Bonchev–Trinajstić information content (AvgIpc) is 2.77. The molecule has 0 bridgehead atoms. The minimum Gasteiger partial charge on any atom is -0.326 e. The van der Waals surface area contributed by atoms with Crippen LogP contribution in [0.25, 0.3) is 11.3 Å². The fourth-order valence-corrected chi connectivity index (χ4v) is 1.89. The lowest BCUT2D eigenvalue weighted by atomic mass is 10.1. The highest BCUT2D eigenvalue weighted by Crippen LogP contribution is 2.18. The maximum Gasteiger partial charge on any atom is 0.264 e. The molecule has 94 valence electrons. The highest BCUT2D eigenvalue weighted by Gasteiger charge is 2.03. The van der Waals surface area contributed by atoms with Crippen molar-refractivity contribution in [3.05, 3.63) is 40.7 Å². The van der Waals surface area contributed by atoms with Crippen LogP contribution in [-0.4, -0.2) is 21.4 Å². The van der Waals surface area contributed by atoms with Gasteiger partial charge in [0.1, 0.15) is 0 Å². The number of carbonyl (C=O) groups excluding carboxylic acids is 1. The second kappa shape index (κ2) is 5.68. The van der Waals surface area contributed by atoms with E-state index in [0.29, 0.717) is 11.8 Å². The quantitative estimate of drug-likeness (QED) is 0.756. The maximum absolute atomic E-state index is 11.4. The number of carbonyl (C=O) groups is 1. The zero-order valence-electron chi connectivity index (χ0n) is 9.50. The van der Waals surface area contributed by atoms with Gasteiger partial charge in [0.05, 0.1) is 5.69 Å². The Labute approximate surface area is 112 Å². The normalized spacial score (nSPS) is 10.3. The van der Waals surface area contributed by atoms with Gasteiger partial charge in [-0.05, 0) is 17.7 Å². The Morgan fingerprint density at radius 1 is 1.22 bits per heavy atom. The Hall–Kier alpha value is -1.82. The van der Waals surface area contributed by atoms with Crippen molar-refractivity contribution in [2.45, 2.75) is 6.42 Å². The first-order valence-corrected chi connectivity index (χ1v) is 6.55. The van der Waals surface area contributed by atoms with E-state index in [1.54, 1.807) is 12.1 Å². The van der Waals surface area contributed by atoms with E-state index in [-0.39, 0.29) is 11.5 Å². The zero-order chi connectivity index (χ0) is 13.0. The molecule has 6 heteroatoms. The van der Waals surface area contributed by atoms with Crippen molar-refractivity contribution in [2.75, 3.05) is 10.6 Å². The van der Waals surface area contributed by atoms with Crippen molar-refractivity contribution in [3.8, 4) is 11.3 Å². The van der Waals surface area contributed by atoms with Crippen LogP contribution in [0.2, 0.25) is 0 Å². The van der Waals surface area contributed by atoms with Crippen molar-refractivity contribution < 1.29 is 4.79 Å². The SMILES string of the molecule is O=C(CCBr)Nc1ccc(-c2cc(=O)[nH][nH]2)cc1. The Morgan fingerprint density at radius 3 is 2.50 bits per heavy atom. The van der Waals surface area contributed by atoms with Crippen molar-refractivity contribution in [1.82, 2.24) is 10.2 Å². The molecule has 1 heterocycles. The number of hydrogen-bond donors (Lipinski definition) is 3. The van der Waals surface area contributed by atoms with Crippen molar-refractivity contribution in [3.63, 3.8) is 0 Å². The summed E-state index contributed by atoms with van der Waals surface area (Å²) in [6.45, 7) is 0. The first-order valence-electron chi connectivity index (χ1n) is 5.43. The number of hydrogen-bond acceptors (Lipinski definition) is 2. The van der Waals surface area contributed by atoms with Gasteiger partial charge in [0.2, 0.25) is 5.91 Å². The summed E-state index contributed by atoms with van der Waals surface area (Å²) in [5, 5.41) is 8.66. The van der Waals surface area contributed by atoms with Crippen LogP contribution in [0.4, 0.5) is 5.69 Å². The molecule has 0 atom stereocenters. The molecule has 0 spiro atoms. The Kier molecular flexibility index (Phi) is 3.99. The van der Waals surface area contributed by atoms with Crippen LogP contribution in [0.15, 0.2) is 35.1 Å². The number of nitrogens with one attached hydrogen (secondary N) is 3. The predicted molar refractivity (Wildman–Crippen MR) is 73.9 cm³/mol. The molecule has 0 unspecified atom stereocenters. The Bertz CT molecular complexity index is 586. The summed E-state index contributed by atoms with van der Waals surface area (Å²) in [5.74, 6) is -0.0327. The molecular weight excluding hydrogens is 298 g/mol. The van der Waals surface area contributed by atoms with Gasteiger partial charge < -0.3 is 5.32 Å². The van der Waals surface area contributed by atoms with Gasteiger partial charge >= 0.3 is 0 Å². The van der Waals surface area contributed by atoms with Gasteiger partial charge in [-0.2, -0.15) is 0 Å². The summed E-state index contributed by atoms with van der Waals surface area (Å²) in [7, 11) is 0. The van der Waals surface area contributed by atoms with Crippen LogP contribution in [0.3, 0.4) is 0 Å². The van der Waals surface area contributed by atoms with Crippen molar-refractivity contribution >= 4 is 27.5 Å². The maximum atomic E-state index is 11.4. The van der Waals surface area contributed by atoms with E-state index < -0.39 is 0 Å². The summed E-state index contributed by atoms with van der Waals surface area (Å²) >= 11 is 3.21. The molecule has 2 aromatic rings. The van der Waals surface area contributed by atoms with E-state index in [9.17, 15) is 9.59 Å². The van der Waals surface area contributed by atoms with Crippen LogP contribution in [0.1, 0.15) is 6.42 Å². The van der Waals surface area contributed by atoms with Gasteiger partial charge in [-0.25, -0.2) is 0 Å². The molecule has 0 aliphatic rings. The molecule has 0 aliphatic heterocycles. The van der Waals surface area contributed by atoms with Gasteiger partial charge in [0.25, 0.3) is 5.56 Å². The van der Waals surface area contributed by atoms with Gasteiger partial charge in [-0.15, -0.1) is 0 Å². The molecule has 5 nitrogen and oxygen atoms in total. The molecule has 0 aliphatic carbocycles. The van der Waals surface area contributed by atoms with Crippen LogP contribution in [-0.2, 0) is 4.79 Å². The summed E-state index contributed by atoms with van der Waals surface area (Å²) in [6, 6.07) is 8.75. The lowest BCUT2D eigenvalue weighted by Crippen LogP contribution is -2.11. The van der Waals surface area contributed by atoms with E-state index in [1.807, 2.05) is 12.1 Å². The second-order valence-electron chi connectivity index (χ2n) is 3.74. The van der Waals surface area contributed by atoms with E-state index in [4.69, 9.17) is 0 Å². The number of benzene rings is 1.